The van der Waals surface area contributed by atoms with Crippen molar-refractivity contribution >= 4 is 23.4 Å². The molecule has 1 aromatic rings. The number of hydrogen-bond donors (Lipinski definition) is 1. The SMILES string of the molecule is O=C(OCc1ccc(Cl)cc1N1CCOCC1)N1CC2CNCC2C1. The second-order valence-electron chi connectivity index (χ2n) is 7.01. The molecule has 7 heteroatoms. The normalized spacial score (nSPS) is 26.0. The Labute approximate surface area is 153 Å². The van der Waals surface area contributed by atoms with E-state index in [2.05, 4.69) is 10.2 Å². The van der Waals surface area contributed by atoms with Crippen LogP contribution in [0.25, 0.3) is 0 Å². The van der Waals surface area contributed by atoms with Crippen molar-refractivity contribution in [2.75, 3.05) is 57.4 Å². The Kier molecular flexibility index (Phi) is 5.01. The predicted molar refractivity (Wildman–Crippen MR) is 96.1 cm³/mol. The van der Waals surface area contributed by atoms with Crippen molar-refractivity contribution in [2.45, 2.75) is 6.61 Å². The summed E-state index contributed by atoms with van der Waals surface area (Å²) in [7, 11) is 0. The Morgan fingerprint density at radius 3 is 2.68 bits per heavy atom. The molecule has 2 atom stereocenters. The molecule has 2 unspecified atom stereocenters. The smallest absolute Gasteiger partial charge is 0.410 e. The quantitative estimate of drug-likeness (QED) is 0.887. The number of amides is 1. The molecule has 3 fully saturated rings. The number of halogens is 1. The number of anilines is 1. The first-order chi connectivity index (χ1) is 12.2. The second kappa shape index (κ2) is 7.40. The molecule has 0 spiro atoms. The number of fused-ring (bicyclic) bond motifs is 1. The number of rotatable bonds is 3. The molecule has 1 amide bonds. The molecule has 0 radical (unpaired) electrons. The van der Waals surface area contributed by atoms with Gasteiger partial charge in [-0.15, -0.1) is 0 Å². The van der Waals surface area contributed by atoms with Crippen molar-refractivity contribution in [1.29, 1.82) is 0 Å². The van der Waals surface area contributed by atoms with Gasteiger partial charge in [0.25, 0.3) is 0 Å². The third-order valence-electron chi connectivity index (χ3n) is 5.40. The fraction of sp³-hybridized carbons (Fsp3) is 0.611. The topological polar surface area (TPSA) is 54.0 Å². The summed E-state index contributed by atoms with van der Waals surface area (Å²) < 4.78 is 11.0. The van der Waals surface area contributed by atoms with E-state index in [1.165, 1.54) is 0 Å². The minimum atomic E-state index is -0.211. The maximum absolute atomic E-state index is 12.4. The average Bonchev–Trinajstić information content (AvgIpc) is 3.23. The van der Waals surface area contributed by atoms with Crippen molar-refractivity contribution in [3.8, 4) is 0 Å². The van der Waals surface area contributed by atoms with Gasteiger partial charge in [-0.25, -0.2) is 4.79 Å². The van der Waals surface area contributed by atoms with Crippen LogP contribution in [0.5, 0.6) is 0 Å². The van der Waals surface area contributed by atoms with E-state index in [0.29, 0.717) is 30.1 Å². The van der Waals surface area contributed by atoms with E-state index in [1.807, 2.05) is 23.1 Å². The molecule has 25 heavy (non-hydrogen) atoms. The monoisotopic (exact) mass is 365 g/mol. The van der Waals surface area contributed by atoms with E-state index in [-0.39, 0.29) is 12.7 Å². The molecule has 6 nitrogen and oxygen atoms in total. The summed E-state index contributed by atoms with van der Waals surface area (Å²) in [4.78, 5) is 16.5. The van der Waals surface area contributed by atoms with Crippen LogP contribution >= 0.6 is 11.6 Å². The lowest BCUT2D eigenvalue weighted by atomic mass is 10.0. The number of likely N-dealkylation sites (tertiary alicyclic amines) is 1. The Bertz CT molecular complexity index is 624. The Morgan fingerprint density at radius 1 is 1.24 bits per heavy atom. The van der Waals surface area contributed by atoms with Gasteiger partial charge in [-0.1, -0.05) is 17.7 Å². The zero-order chi connectivity index (χ0) is 17.2. The number of morpholine rings is 1. The second-order valence-corrected chi connectivity index (χ2v) is 7.45. The van der Waals surface area contributed by atoms with Crippen molar-refractivity contribution in [3.05, 3.63) is 28.8 Å². The number of nitrogens with one attached hydrogen (secondary N) is 1. The molecule has 3 saturated heterocycles. The van der Waals surface area contributed by atoms with Gasteiger partial charge in [0.1, 0.15) is 6.61 Å². The molecule has 3 aliphatic rings. The van der Waals surface area contributed by atoms with E-state index >= 15 is 0 Å². The molecule has 3 heterocycles. The minimum absolute atomic E-state index is 0.211. The molecule has 1 aromatic carbocycles. The number of ether oxygens (including phenoxy) is 2. The van der Waals surface area contributed by atoms with Gasteiger partial charge in [0.15, 0.2) is 0 Å². The highest BCUT2D eigenvalue weighted by molar-refractivity contribution is 6.30. The molecule has 0 aromatic heterocycles. The van der Waals surface area contributed by atoms with E-state index in [0.717, 1.165) is 50.5 Å². The Morgan fingerprint density at radius 2 is 1.96 bits per heavy atom. The van der Waals surface area contributed by atoms with Crippen LogP contribution in [-0.4, -0.2) is 63.5 Å². The highest BCUT2D eigenvalue weighted by atomic mass is 35.5. The number of benzene rings is 1. The lowest BCUT2D eigenvalue weighted by molar-refractivity contribution is 0.101. The van der Waals surface area contributed by atoms with Gasteiger partial charge in [0.2, 0.25) is 0 Å². The third kappa shape index (κ3) is 3.71. The van der Waals surface area contributed by atoms with Crippen LogP contribution in [0, 0.1) is 11.8 Å². The Balaban J connectivity index is 1.39. The number of carbonyl (C=O) groups is 1. The fourth-order valence-electron chi connectivity index (χ4n) is 3.99. The lowest BCUT2D eigenvalue weighted by Crippen LogP contribution is -2.37. The predicted octanol–water partition coefficient (Wildman–Crippen LogP) is 1.96. The van der Waals surface area contributed by atoms with Crippen LogP contribution in [0.3, 0.4) is 0 Å². The summed E-state index contributed by atoms with van der Waals surface area (Å²) in [5.74, 6) is 1.15. The largest absolute Gasteiger partial charge is 0.444 e. The van der Waals surface area contributed by atoms with E-state index in [4.69, 9.17) is 21.1 Å². The van der Waals surface area contributed by atoms with Crippen molar-refractivity contribution < 1.29 is 14.3 Å². The van der Waals surface area contributed by atoms with Gasteiger partial charge in [-0.2, -0.15) is 0 Å². The summed E-state index contributed by atoms with van der Waals surface area (Å²) in [6, 6.07) is 5.74. The minimum Gasteiger partial charge on any atom is -0.444 e. The van der Waals surface area contributed by atoms with Gasteiger partial charge in [-0.05, 0) is 24.0 Å². The average molecular weight is 366 g/mol. The van der Waals surface area contributed by atoms with Crippen LogP contribution in [0.2, 0.25) is 5.02 Å². The number of carbonyl (C=O) groups excluding carboxylic acids is 1. The lowest BCUT2D eigenvalue weighted by Gasteiger charge is -2.30. The molecule has 136 valence electrons. The first kappa shape index (κ1) is 16.9. The summed E-state index contributed by atoms with van der Waals surface area (Å²) in [6.07, 6.45) is -0.211. The number of hydrogen-bond acceptors (Lipinski definition) is 5. The van der Waals surface area contributed by atoms with Crippen molar-refractivity contribution in [2.24, 2.45) is 11.8 Å². The molecular weight excluding hydrogens is 342 g/mol. The zero-order valence-corrected chi connectivity index (χ0v) is 15.0. The molecule has 0 aliphatic carbocycles. The maximum Gasteiger partial charge on any atom is 0.410 e. The van der Waals surface area contributed by atoms with Crippen LogP contribution in [0.4, 0.5) is 10.5 Å². The molecule has 0 saturated carbocycles. The molecular formula is C18H24ClN3O3. The van der Waals surface area contributed by atoms with Gasteiger partial charge in [0.05, 0.1) is 13.2 Å². The summed E-state index contributed by atoms with van der Waals surface area (Å²) in [5, 5.41) is 4.07. The standard InChI is InChI=1S/C18H24ClN3O3/c19-16-2-1-13(17(7-16)21-3-5-24-6-4-21)12-25-18(23)22-10-14-8-20-9-15(14)11-22/h1-2,7,14-15,20H,3-6,8-12H2. The number of nitrogens with zero attached hydrogens (tertiary/aromatic N) is 2. The maximum atomic E-state index is 12.4. The zero-order valence-electron chi connectivity index (χ0n) is 14.2. The van der Waals surface area contributed by atoms with E-state index < -0.39 is 0 Å². The fourth-order valence-corrected chi connectivity index (χ4v) is 4.16. The molecule has 3 aliphatic heterocycles. The van der Waals surface area contributed by atoms with Crippen molar-refractivity contribution in [1.82, 2.24) is 10.2 Å². The highest BCUT2D eigenvalue weighted by Crippen LogP contribution is 2.29. The van der Waals surface area contributed by atoms with Crippen LogP contribution in [0.1, 0.15) is 5.56 Å². The van der Waals surface area contributed by atoms with Gasteiger partial charge in [0, 0.05) is 55.5 Å². The van der Waals surface area contributed by atoms with Crippen LogP contribution < -0.4 is 10.2 Å². The summed E-state index contributed by atoms with van der Waals surface area (Å²) in [6.45, 7) is 6.94. The highest BCUT2D eigenvalue weighted by Gasteiger charge is 2.38. The van der Waals surface area contributed by atoms with E-state index in [9.17, 15) is 4.79 Å². The van der Waals surface area contributed by atoms with Gasteiger partial charge < -0.3 is 24.6 Å². The Hall–Kier alpha value is -1.50. The third-order valence-corrected chi connectivity index (χ3v) is 5.63. The van der Waals surface area contributed by atoms with Gasteiger partial charge >= 0.3 is 6.09 Å². The first-order valence-electron chi connectivity index (χ1n) is 8.94. The first-order valence-corrected chi connectivity index (χ1v) is 9.32. The van der Waals surface area contributed by atoms with Crippen LogP contribution in [0.15, 0.2) is 18.2 Å². The summed E-state index contributed by atoms with van der Waals surface area (Å²) in [5.41, 5.74) is 2.02. The summed E-state index contributed by atoms with van der Waals surface area (Å²) >= 11 is 6.18. The van der Waals surface area contributed by atoms with E-state index in [1.54, 1.807) is 0 Å². The molecule has 1 N–H and O–H groups in total. The van der Waals surface area contributed by atoms with Crippen LogP contribution in [-0.2, 0) is 16.1 Å². The van der Waals surface area contributed by atoms with Crippen molar-refractivity contribution in [3.63, 3.8) is 0 Å². The van der Waals surface area contributed by atoms with Gasteiger partial charge in [-0.3, -0.25) is 0 Å². The molecule has 4 rings (SSSR count). The molecule has 0 bridgehead atoms.